The third-order valence-corrected chi connectivity index (χ3v) is 9.20. The molecule has 3 aromatic rings. The molecular formula is C36H44F2N2O2. The molecule has 1 fully saturated rings. The number of benzene rings is 3. The smallest absolute Gasteiger partial charge is 0.254 e. The lowest BCUT2D eigenvalue weighted by Crippen LogP contribution is -2.54. The molecule has 4 nitrogen and oxygen atoms in total. The van der Waals surface area contributed by atoms with Crippen molar-refractivity contribution in [2.24, 2.45) is 0 Å². The fourth-order valence-corrected chi connectivity index (χ4v) is 6.83. The van der Waals surface area contributed by atoms with Gasteiger partial charge in [-0.3, -0.25) is 4.79 Å². The molecule has 1 aliphatic carbocycles. The second-order valence-corrected chi connectivity index (χ2v) is 13.2. The Bertz CT molecular complexity index is 1370. The van der Waals surface area contributed by atoms with Crippen molar-refractivity contribution in [1.29, 1.82) is 0 Å². The number of hydrogen-bond acceptors (Lipinski definition) is 3. The Morgan fingerprint density at radius 2 is 1.64 bits per heavy atom. The summed E-state index contributed by atoms with van der Waals surface area (Å²) < 4.78 is 28.4. The molecule has 0 saturated heterocycles. The van der Waals surface area contributed by atoms with Gasteiger partial charge in [-0.2, -0.15) is 0 Å². The maximum atomic E-state index is 14.2. The molecule has 1 aliphatic heterocycles. The lowest BCUT2D eigenvalue weighted by atomic mass is 9.74. The van der Waals surface area contributed by atoms with Crippen molar-refractivity contribution >= 4 is 5.91 Å². The van der Waals surface area contributed by atoms with Crippen molar-refractivity contribution in [3.05, 3.63) is 106 Å². The number of nitrogens with one attached hydrogen (secondary N) is 1. The molecule has 0 aromatic heterocycles. The van der Waals surface area contributed by atoms with Crippen LogP contribution in [0.2, 0.25) is 0 Å². The fraction of sp³-hybridized carbons (Fsp3) is 0.472. The van der Waals surface area contributed by atoms with Crippen LogP contribution in [0.25, 0.3) is 0 Å². The van der Waals surface area contributed by atoms with Crippen LogP contribution in [0.4, 0.5) is 8.78 Å². The topological polar surface area (TPSA) is 52.6 Å². The minimum absolute atomic E-state index is 0.0140. The summed E-state index contributed by atoms with van der Waals surface area (Å²) in [4.78, 5) is 15.6. The standard InChI is InChI=1S/C36H44F2N2O2/c1-35(2,3)27-13-9-14-28(22-27)36(16-7-4-8-17-36)39-24-33(41)32(21-25-19-29(37)23-30(38)20-25)40-18-10-12-26-11-5-6-15-31(26)34(40)42/h5-6,9,11,13-15,19-20,22-23,32-33,39,41H,4,7-8,10,12,16-18,21,24H2,1-3H3. The molecule has 0 radical (unpaired) electrons. The number of rotatable bonds is 8. The highest BCUT2D eigenvalue weighted by Crippen LogP contribution is 2.39. The first-order chi connectivity index (χ1) is 20.1. The van der Waals surface area contributed by atoms with Gasteiger partial charge in [0.15, 0.2) is 0 Å². The molecule has 2 aliphatic rings. The number of amides is 1. The Hall–Kier alpha value is -3.09. The highest BCUT2D eigenvalue weighted by molar-refractivity contribution is 5.96. The normalized spacial score (nSPS) is 18.7. The second-order valence-electron chi connectivity index (χ2n) is 13.2. The maximum Gasteiger partial charge on any atom is 0.254 e. The van der Waals surface area contributed by atoms with E-state index in [1.54, 1.807) is 4.90 Å². The molecule has 2 atom stereocenters. The van der Waals surface area contributed by atoms with Gasteiger partial charge < -0.3 is 15.3 Å². The number of carbonyl (C=O) groups excluding carboxylic acids is 1. The van der Waals surface area contributed by atoms with E-state index in [4.69, 9.17) is 0 Å². The SMILES string of the molecule is CC(C)(C)c1cccc(C2(NCC(O)C(Cc3cc(F)cc(F)c3)N3CCCc4ccccc4C3=O)CCCCC2)c1. The van der Waals surface area contributed by atoms with Crippen LogP contribution in [-0.4, -0.2) is 41.1 Å². The molecule has 6 heteroatoms. The summed E-state index contributed by atoms with van der Waals surface area (Å²) in [6.45, 7) is 7.37. The Morgan fingerprint density at radius 3 is 2.36 bits per heavy atom. The summed E-state index contributed by atoms with van der Waals surface area (Å²) in [5.74, 6) is -1.47. The van der Waals surface area contributed by atoms with Crippen LogP contribution in [0.3, 0.4) is 0 Å². The molecule has 224 valence electrons. The second kappa shape index (κ2) is 12.6. The summed E-state index contributed by atoms with van der Waals surface area (Å²) in [5, 5.41) is 15.6. The number of aryl methyl sites for hydroxylation is 1. The molecule has 1 heterocycles. The summed E-state index contributed by atoms with van der Waals surface area (Å²) in [6.07, 6.45) is 6.01. The van der Waals surface area contributed by atoms with Crippen LogP contribution in [0.15, 0.2) is 66.7 Å². The van der Waals surface area contributed by atoms with Gasteiger partial charge in [-0.15, -0.1) is 0 Å². The quantitative estimate of drug-likeness (QED) is 0.303. The molecule has 1 amide bonds. The van der Waals surface area contributed by atoms with E-state index in [1.807, 2.05) is 24.3 Å². The lowest BCUT2D eigenvalue weighted by molar-refractivity contribution is 0.0314. The first-order valence-corrected chi connectivity index (χ1v) is 15.4. The third kappa shape index (κ3) is 6.76. The van der Waals surface area contributed by atoms with E-state index in [-0.39, 0.29) is 29.8 Å². The van der Waals surface area contributed by atoms with Gasteiger partial charge in [0.1, 0.15) is 11.6 Å². The molecule has 1 saturated carbocycles. The van der Waals surface area contributed by atoms with Crippen molar-refractivity contribution in [2.45, 2.75) is 95.2 Å². The van der Waals surface area contributed by atoms with E-state index in [1.165, 1.54) is 29.7 Å². The van der Waals surface area contributed by atoms with Gasteiger partial charge in [-0.25, -0.2) is 8.78 Å². The predicted octanol–water partition coefficient (Wildman–Crippen LogP) is 7.07. The van der Waals surface area contributed by atoms with E-state index in [0.29, 0.717) is 17.7 Å². The van der Waals surface area contributed by atoms with Crippen LogP contribution < -0.4 is 5.32 Å². The molecule has 3 aromatic carbocycles. The Labute approximate surface area is 249 Å². The van der Waals surface area contributed by atoms with Crippen molar-refractivity contribution in [2.75, 3.05) is 13.1 Å². The van der Waals surface area contributed by atoms with Crippen LogP contribution in [0.1, 0.15) is 91.9 Å². The van der Waals surface area contributed by atoms with Crippen molar-refractivity contribution in [1.82, 2.24) is 10.2 Å². The number of aliphatic hydroxyl groups excluding tert-OH is 1. The Morgan fingerprint density at radius 1 is 0.929 bits per heavy atom. The number of aliphatic hydroxyl groups is 1. The van der Waals surface area contributed by atoms with Crippen LogP contribution in [-0.2, 0) is 23.8 Å². The lowest BCUT2D eigenvalue weighted by Gasteiger charge is -2.42. The molecule has 5 rings (SSSR count). The molecular weight excluding hydrogens is 530 g/mol. The number of fused-ring (bicyclic) bond motifs is 1. The summed E-state index contributed by atoms with van der Waals surface area (Å²) in [5.41, 5.74) is 4.27. The molecule has 0 bridgehead atoms. The van der Waals surface area contributed by atoms with Gasteiger partial charge in [0, 0.05) is 30.3 Å². The minimum Gasteiger partial charge on any atom is -0.390 e. The fourth-order valence-electron chi connectivity index (χ4n) is 6.83. The van der Waals surface area contributed by atoms with Crippen LogP contribution >= 0.6 is 0 Å². The number of hydrogen-bond donors (Lipinski definition) is 2. The molecule has 0 spiro atoms. The summed E-state index contributed by atoms with van der Waals surface area (Å²) in [7, 11) is 0. The average molecular weight is 575 g/mol. The highest BCUT2D eigenvalue weighted by Gasteiger charge is 2.38. The molecule has 2 N–H and O–H groups in total. The van der Waals surface area contributed by atoms with Gasteiger partial charge in [0.05, 0.1) is 12.1 Å². The molecule has 2 unspecified atom stereocenters. The first kappa shape index (κ1) is 30.4. The van der Waals surface area contributed by atoms with Gasteiger partial charge in [0.25, 0.3) is 5.91 Å². The van der Waals surface area contributed by atoms with E-state index >= 15 is 0 Å². The van der Waals surface area contributed by atoms with Gasteiger partial charge >= 0.3 is 0 Å². The van der Waals surface area contributed by atoms with Crippen molar-refractivity contribution < 1.29 is 18.7 Å². The number of carbonyl (C=O) groups is 1. The van der Waals surface area contributed by atoms with E-state index in [9.17, 15) is 18.7 Å². The maximum absolute atomic E-state index is 14.2. The third-order valence-electron chi connectivity index (χ3n) is 9.20. The van der Waals surface area contributed by atoms with Gasteiger partial charge in [-0.05, 0) is 78.0 Å². The van der Waals surface area contributed by atoms with E-state index < -0.39 is 23.8 Å². The van der Waals surface area contributed by atoms with Crippen molar-refractivity contribution in [3.63, 3.8) is 0 Å². The van der Waals surface area contributed by atoms with E-state index in [2.05, 4.69) is 50.4 Å². The van der Waals surface area contributed by atoms with Crippen LogP contribution in [0.5, 0.6) is 0 Å². The van der Waals surface area contributed by atoms with Gasteiger partial charge in [-0.1, -0.05) is 82.5 Å². The predicted molar refractivity (Wildman–Crippen MR) is 164 cm³/mol. The minimum atomic E-state index is -0.949. The Kier molecular flexibility index (Phi) is 9.14. The zero-order valence-electron chi connectivity index (χ0n) is 25.1. The van der Waals surface area contributed by atoms with Crippen molar-refractivity contribution in [3.8, 4) is 0 Å². The zero-order chi connectivity index (χ0) is 29.9. The highest BCUT2D eigenvalue weighted by atomic mass is 19.1. The Balaban J connectivity index is 1.45. The van der Waals surface area contributed by atoms with Gasteiger partial charge in [0.2, 0.25) is 0 Å². The zero-order valence-corrected chi connectivity index (χ0v) is 25.1. The summed E-state index contributed by atoms with van der Waals surface area (Å²) in [6, 6.07) is 19.2. The first-order valence-electron chi connectivity index (χ1n) is 15.4. The number of nitrogens with zero attached hydrogens (tertiary/aromatic N) is 1. The largest absolute Gasteiger partial charge is 0.390 e. The summed E-state index contributed by atoms with van der Waals surface area (Å²) >= 11 is 0. The molecule has 42 heavy (non-hydrogen) atoms. The number of halogens is 2. The monoisotopic (exact) mass is 574 g/mol. The van der Waals surface area contributed by atoms with Crippen LogP contribution in [0, 0.1) is 11.6 Å². The van der Waals surface area contributed by atoms with E-state index in [0.717, 1.165) is 50.2 Å². The average Bonchev–Trinajstić information content (AvgIpc) is 3.13.